The minimum atomic E-state index is -0.189. The number of unbranched alkanes of at least 4 members (excludes halogenated alkanes) is 1. The third kappa shape index (κ3) is 8.86. The number of nitrogens with zero attached hydrogens (tertiary/aromatic N) is 2. The zero-order valence-electron chi connectivity index (χ0n) is 21.0. The molecule has 0 aromatic heterocycles. The predicted molar refractivity (Wildman–Crippen MR) is 140 cm³/mol. The van der Waals surface area contributed by atoms with Crippen LogP contribution in [0.1, 0.15) is 57.1 Å². The lowest BCUT2D eigenvalue weighted by Gasteiger charge is -2.34. The van der Waals surface area contributed by atoms with E-state index in [4.69, 9.17) is 25.9 Å². The maximum absolute atomic E-state index is 11.5. The molecule has 1 aliphatic heterocycles. The average molecular weight is 501 g/mol. The summed E-state index contributed by atoms with van der Waals surface area (Å²) < 4.78 is 11.7. The van der Waals surface area contributed by atoms with E-state index in [0.29, 0.717) is 17.5 Å². The second-order valence-corrected chi connectivity index (χ2v) is 9.52. The molecule has 2 aromatic carbocycles. The van der Waals surface area contributed by atoms with Crippen LogP contribution in [0.5, 0.6) is 5.75 Å². The summed E-state index contributed by atoms with van der Waals surface area (Å²) >= 11 is 6.04. The number of hydrogen-bond acceptors (Lipinski definition) is 6. The molecule has 1 saturated heterocycles. The van der Waals surface area contributed by atoms with Crippen molar-refractivity contribution in [2.24, 2.45) is 11.1 Å². The van der Waals surface area contributed by atoms with Crippen LogP contribution in [0.4, 0.5) is 0 Å². The van der Waals surface area contributed by atoms with Crippen molar-refractivity contribution in [1.29, 1.82) is 0 Å². The van der Waals surface area contributed by atoms with Gasteiger partial charge in [0.05, 0.1) is 6.61 Å². The monoisotopic (exact) mass is 500 g/mol. The van der Waals surface area contributed by atoms with Crippen molar-refractivity contribution in [3.05, 3.63) is 64.7 Å². The fourth-order valence-electron chi connectivity index (χ4n) is 4.40. The Bertz CT molecular complexity index is 956. The first-order valence-corrected chi connectivity index (χ1v) is 12.9. The lowest BCUT2D eigenvalue weighted by atomic mass is 9.97. The van der Waals surface area contributed by atoms with E-state index in [1.54, 1.807) is 7.11 Å². The average Bonchev–Trinajstić information content (AvgIpc) is 2.86. The highest BCUT2D eigenvalue weighted by Crippen LogP contribution is 2.23. The van der Waals surface area contributed by atoms with Crippen LogP contribution in [0.3, 0.4) is 0 Å². The lowest BCUT2D eigenvalue weighted by molar-refractivity contribution is -0.147. The molecule has 2 aromatic rings. The van der Waals surface area contributed by atoms with Crippen molar-refractivity contribution >= 4 is 23.3 Å². The molecule has 0 spiro atoms. The van der Waals surface area contributed by atoms with Crippen LogP contribution in [0, 0.1) is 5.92 Å². The third-order valence-corrected chi connectivity index (χ3v) is 6.53. The minimum Gasteiger partial charge on any atom is -0.493 e. The molecule has 0 bridgehead atoms. The van der Waals surface area contributed by atoms with E-state index >= 15 is 0 Å². The van der Waals surface area contributed by atoms with Gasteiger partial charge in [-0.25, -0.2) is 0 Å². The number of halogens is 1. The van der Waals surface area contributed by atoms with Gasteiger partial charge in [0.15, 0.2) is 0 Å². The quantitative estimate of drug-likeness (QED) is 0.205. The molecule has 190 valence electrons. The van der Waals surface area contributed by atoms with Crippen LogP contribution >= 0.6 is 11.6 Å². The zero-order chi connectivity index (χ0) is 25.0. The molecule has 1 heterocycles. The number of esters is 1. The first-order valence-electron chi connectivity index (χ1n) is 12.5. The number of benzene rings is 2. The Kier molecular flexibility index (Phi) is 10.9. The molecular weight excluding hydrogens is 464 g/mol. The van der Waals surface area contributed by atoms with E-state index in [-0.39, 0.29) is 12.1 Å². The fraction of sp³-hybridized carbons (Fsp3) is 0.500. The molecule has 0 saturated carbocycles. The Balaban J connectivity index is 1.53. The molecule has 6 nitrogen and oxygen atoms in total. The van der Waals surface area contributed by atoms with Gasteiger partial charge in [-0.3, -0.25) is 9.69 Å². The van der Waals surface area contributed by atoms with E-state index in [1.165, 1.54) is 6.92 Å². The van der Waals surface area contributed by atoms with E-state index in [0.717, 1.165) is 74.3 Å². The first kappa shape index (κ1) is 27.0. The standard InChI is InChI=1S/C28H37ClN2O4/c1-4-5-8-27(35-21(2)32)19-31-16-14-22(15-17-31)20-34-26-9-6-7-24(18-26)28(30-33-3)23-10-12-25(29)13-11-23/h6-7,9-13,18,22,27H,4-5,8,14-17,19-20H2,1-3H3/b30-28+/t27-/m0/s1. The summed E-state index contributed by atoms with van der Waals surface area (Å²) in [6.45, 7) is 7.16. The summed E-state index contributed by atoms with van der Waals surface area (Å²) in [5.41, 5.74) is 2.57. The van der Waals surface area contributed by atoms with Gasteiger partial charge in [-0.2, -0.15) is 0 Å². The SMILES string of the molecule is CCCC[C@@H](CN1CCC(COc2cccc(/C(=N/OC)c3ccc(Cl)cc3)c2)CC1)OC(C)=O. The van der Waals surface area contributed by atoms with Gasteiger partial charge < -0.3 is 14.3 Å². The van der Waals surface area contributed by atoms with Gasteiger partial charge in [-0.05, 0) is 69.0 Å². The molecule has 1 aliphatic rings. The number of hydrogen-bond donors (Lipinski definition) is 0. The first-order chi connectivity index (χ1) is 17.0. The lowest BCUT2D eigenvalue weighted by Crippen LogP contribution is -2.41. The Morgan fingerprint density at radius 2 is 1.89 bits per heavy atom. The number of piperidine rings is 1. The molecular formula is C28H37ClN2O4. The number of rotatable bonds is 12. The van der Waals surface area contributed by atoms with Gasteiger partial charge >= 0.3 is 5.97 Å². The second-order valence-electron chi connectivity index (χ2n) is 9.09. The normalized spacial score (nSPS) is 16.1. The Morgan fingerprint density at radius 1 is 1.14 bits per heavy atom. The Morgan fingerprint density at radius 3 is 2.54 bits per heavy atom. The molecule has 0 unspecified atom stereocenters. The maximum atomic E-state index is 11.5. The Labute approximate surface area is 214 Å². The largest absolute Gasteiger partial charge is 0.493 e. The number of ether oxygens (including phenoxy) is 2. The van der Waals surface area contributed by atoms with Crippen LogP contribution < -0.4 is 4.74 Å². The zero-order valence-corrected chi connectivity index (χ0v) is 21.8. The van der Waals surface area contributed by atoms with Crippen LogP contribution in [0.25, 0.3) is 0 Å². The molecule has 35 heavy (non-hydrogen) atoms. The summed E-state index contributed by atoms with van der Waals surface area (Å²) in [5, 5.41) is 4.91. The van der Waals surface area contributed by atoms with Crippen LogP contribution in [0.2, 0.25) is 5.02 Å². The van der Waals surface area contributed by atoms with Crippen LogP contribution in [0.15, 0.2) is 53.7 Å². The van der Waals surface area contributed by atoms with Crippen LogP contribution in [-0.2, 0) is 14.4 Å². The summed E-state index contributed by atoms with van der Waals surface area (Å²) in [5.74, 6) is 1.13. The van der Waals surface area contributed by atoms with E-state index in [9.17, 15) is 4.79 Å². The van der Waals surface area contributed by atoms with Crippen molar-refractivity contribution in [3.63, 3.8) is 0 Å². The predicted octanol–water partition coefficient (Wildman–Crippen LogP) is 5.95. The van der Waals surface area contributed by atoms with Gasteiger partial charge in [-0.1, -0.05) is 54.4 Å². The minimum absolute atomic E-state index is 0.00779. The van der Waals surface area contributed by atoms with Crippen molar-refractivity contribution in [2.45, 2.75) is 52.1 Å². The number of likely N-dealkylation sites (tertiary alicyclic amines) is 1. The summed E-state index contributed by atoms with van der Waals surface area (Å²) in [4.78, 5) is 19.0. The van der Waals surface area contributed by atoms with Crippen LogP contribution in [-0.4, -0.2) is 56.0 Å². The topological polar surface area (TPSA) is 60.4 Å². The van der Waals surface area contributed by atoms with Gasteiger partial charge in [0, 0.05) is 29.6 Å². The molecule has 0 radical (unpaired) electrons. The second kappa shape index (κ2) is 14.1. The molecule has 1 atom stereocenters. The molecule has 0 N–H and O–H groups in total. The molecule has 7 heteroatoms. The number of oxime groups is 1. The molecule has 1 fully saturated rings. The van der Waals surface area contributed by atoms with Crippen molar-refractivity contribution in [3.8, 4) is 5.75 Å². The highest BCUT2D eigenvalue weighted by atomic mass is 35.5. The maximum Gasteiger partial charge on any atom is 0.302 e. The number of carbonyl (C=O) groups is 1. The van der Waals surface area contributed by atoms with Gasteiger partial charge in [0.1, 0.15) is 24.7 Å². The van der Waals surface area contributed by atoms with Crippen molar-refractivity contribution in [2.75, 3.05) is 33.4 Å². The highest BCUT2D eigenvalue weighted by Gasteiger charge is 2.23. The molecule has 0 aliphatic carbocycles. The van der Waals surface area contributed by atoms with E-state index in [1.807, 2.05) is 48.5 Å². The van der Waals surface area contributed by atoms with Gasteiger partial charge in [-0.15, -0.1) is 0 Å². The summed E-state index contributed by atoms with van der Waals surface area (Å²) in [7, 11) is 1.54. The van der Waals surface area contributed by atoms with Crippen molar-refractivity contribution in [1.82, 2.24) is 4.90 Å². The van der Waals surface area contributed by atoms with Gasteiger partial charge in [0.25, 0.3) is 0 Å². The Hall–Kier alpha value is -2.57. The van der Waals surface area contributed by atoms with E-state index < -0.39 is 0 Å². The van der Waals surface area contributed by atoms with E-state index in [2.05, 4.69) is 17.0 Å². The molecule has 0 amide bonds. The summed E-state index contributed by atoms with van der Waals surface area (Å²) in [6, 6.07) is 15.5. The summed E-state index contributed by atoms with van der Waals surface area (Å²) in [6.07, 6.45) is 5.25. The molecule has 3 rings (SSSR count). The third-order valence-electron chi connectivity index (χ3n) is 6.27. The fourth-order valence-corrected chi connectivity index (χ4v) is 4.52. The smallest absolute Gasteiger partial charge is 0.302 e. The number of carbonyl (C=O) groups excluding carboxylic acids is 1. The van der Waals surface area contributed by atoms with Gasteiger partial charge in [0.2, 0.25) is 0 Å². The van der Waals surface area contributed by atoms with Crippen molar-refractivity contribution < 1.29 is 19.1 Å². The highest BCUT2D eigenvalue weighted by molar-refractivity contribution is 6.30.